The molecule has 1 heterocycles. The van der Waals surface area contributed by atoms with Gasteiger partial charge in [-0.3, -0.25) is 15.6 Å². The highest BCUT2D eigenvalue weighted by Gasteiger charge is 2.28. The maximum atomic E-state index is 12.2. The van der Waals surface area contributed by atoms with Crippen molar-refractivity contribution in [1.29, 1.82) is 0 Å². The first-order valence-electron chi connectivity index (χ1n) is 9.37. The van der Waals surface area contributed by atoms with E-state index in [4.69, 9.17) is 0 Å². The van der Waals surface area contributed by atoms with E-state index in [-0.39, 0.29) is 5.91 Å². The minimum atomic E-state index is -0.657. The maximum absolute atomic E-state index is 12.2. The van der Waals surface area contributed by atoms with Gasteiger partial charge < -0.3 is 10.4 Å². The van der Waals surface area contributed by atoms with E-state index in [0.717, 1.165) is 24.8 Å². The predicted molar refractivity (Wildman–Crippen MR) is 101 cm³/mol. The first kappa shape index (κ1) is 19.9. The molecule has 5 nitrogen and oxygen atoms in total. The molecule has 0 radical (unpaired) electrons. The second-order valence-electron chi connectivity index (χ2n) is 7.94. The Balaban J connectivity index is 1.71. The molecule has 0 aromatic heterocycles. The number of hydrogen-bond donors (Lipinski definition) is 4. The number of aryl methyl sites for hydroxylation is 1. The molecule has 1 aliphatic rings. The Kier molecular flexibility index (Phi) is 6.99. The molecule has 0 spiro atoms. The standard InChI is InChI=1S/C20H33N3O2/c1-14-18(15(2)23-22-14)6-5-13-21-19(24)17-9-7-16(8-10-17)11-12-20(3,4)25/h7-10,14-15,18,22-23,25H,5-6,11-13H2,1-4H3,(H,21,24). The van der Waals surface area contributed by atoms with Gasteiger partial charge in [-0.2, -0.15) is 0 Å². The van der Waals surface area contributed by atoms with Crippen LogP contribution in [0.3, 0.4) is 0 Å². The fourth-order valence-electron chi connectivity index (χ4n) is 3.32. The van der Waals surface area contributed by atoms with Gasteiger partial charge in [0.15, 0.2) is 0 Å². The summed E-state index contributed by atoms with van der Waals surface area (Å²) in [4.78, 5) is 12.2. The molecule has 5 heteroatoms. The first-order chi connectivity index (χ1) is 11.8. The molecule has 25 heavy (non-hydrogen) atoms. The lowest BCUT2D eigenvalue weighted by Gasteiger charge is -2.17. The fourth-order valence-corrected chi connectivity index (χ4v) is 3.32. The van der Waals surface area contributed by atoms with Crippen LogP contribution in [0.1, 0.15) is 62.9 Å². The second kappa shape index (κ2) is 8.79. The second-order valence-corrected chi connectivity index (χ2v) is 7.94. The molecule has 1 saturated heterocycles. The molecule has 1 aliphatic heterocycles. The molecule has 0 bridgehead atoms. The largest absolute Gasteiger partial charge is 0.390 e. The number of hydrogen-bond acceptors (Lipinski definition) is 4. The van der Waals surface area contributed by atoms with Crippen LogP contribution in [0.2, 0.25) is 0 Å². The number of carbonyl (C=O) groups is 1. The lowest BCUT2D eigenvalue weighted by atomic mass is 9.92. The molecule has 0 aliphatic carbocycles. The molecular weight excluding hydrogens is 314 g/mol. The van der Waals surface area contributed by atoms with Crippen molar-refractivity contribution in [3.05, 3.63) is 35.4 Å². The van der Waals surface area contributed by atoms with Crippen molar-refractivity contribution < 1.29 is 9.90 Å². The number of benzene rings is 1. The summed E-state index contributed by atoms with van der Waals surface area (Å²) >= 11 is 0. The van der Waals surface area contributed by atoms with E-state index in [1.165, 1.54) is 0 Å². The monoisotopic (exact) mass is 347 g/mol. The summed E-state index contributed by atoms with van der Waals surface area (Å²) < 4.78 is 0. The van der Waals surface area contributed by atoms with Gasteiger partial charge in [0.05, 0.1) is 5.60 Å². The third-order valence-corrected chi connectivity index (χ3v) is 5.06. The lowest BCUT2D eigenvalue weighted by Crippen LogP contribution is -2.30. The third-order valence-electron chi connectivity index (χ3n) is 5.06. The van der Waals surface area contributed by atoms with Crippen molar-refractivity contribution in [3.63, 3.8) is 0 Å². The molecule has 4 N–H and O–H groups in total. The van der Waals surface area contributed by atoms with Gasteiger partial charge in [0, 0.05) is 24.2 Å². The predicted octanol–water partition coefficient (Wildman–Crippen LogP) is 2.40. The third kappa shape index (κ3) is 6.42. The molecule has 2 atom stereocenters. The molecular formula is C20H33N3O2. The average molecular weight is 348 g/mol. The van der Waals surface area contributed by atoms with Crippen LogP contribution in [0, 0.1) is 5.92 Å². The summed E-state index contributed by atoms with van der Waals surface area (Å²) in [5.74, 6) is 0.588. The van der Waals surface area contributed by atoms with Crippen LogP contribution in [-0.2, 0) is 6.42 Å². The summed E-state index contributed by atoms with van der Waals surface area (Å²) in [5.41, 5.74) is 7.71. The van der Waals surface area contributed by atoms with Gasteiger partial charge in [-0.05, 0) is 77.0 Å². The summed E-state index contributed by atoms with van der Waals surface area (Å²) in [6, 6.07) is 8.62. The maximum Gasteiger partial charge on any atom is 0.251 e. The molecule has 1 aromatic carbocycles. The minimum Gasteiger partial charge on any atom is -0.390 e. The summed E-state index contributed by atoms with van der Waals surface area (Å²) in [6.07, 6.45) is 3.60. The highest BCUT2D eigenvalue weighted by molar-refractivity contribution is 5.94. The van der Waals surface area contributed by atoms with Crippen molar-refractivity contribution >= 4 is 5.91 Å². The van der Waals surface area contributed by atoms with E-state index in [9.17, 15) is 9.90 Å². The molecule has 140 valence electrons. The van der Waals surface area contributed by atoms with Gasteiger partial charge in [-0.15, -0.1) is 0 Å². The SMILES string of the molecule is CC1NNC(C)C1CCCNC(=O)c1ccc(CCC(C)(C)O)cc1. The minimum absolute atomic E-state index is 0.0159. The van der Waals surface area contributed by atoms with Gasteiger partial charge in [0.1, 0.15) is 0 Å². The normalized spacial score (nSPS) is 23.6. The Hall–Kier alpha value is -1.43. The lowest BCUT2D eigenvalue weighted by molar-refractivity contribution is 0.0713. The number of nitrogens with one attached hydrogen (secondary N) is 3. The number of carbonyl (C=O) groups excluding carboxylic acids is 1. The zero-order valence-electron chi connectivity index (χ0n) is 15.9. The van der Waals surface area contributed by atoms with E-state index in [1.807, 2.05) is 38.1 Å². The van der Waals surface area contributed by atoms with Gasteiger partial charge in [0.2, 0.25) is 0 Å². The summed E-state index contributed by atoms with van der Waals surface area (Å²) in [7, 11) is 0. The Morgan fingerprint density at radius 2 is 1.76 bits per heavy atom. The van der Waals surface area contributed by atoms with Crippen LogP contribution >= 0.6 is 0 Å². The molecule has 0 saturated carbocycles. The van der Waals surface area contributed by atoms with Crippen LogP contribution in [0.5, 0.6) is 0 Å². The smallest absolute Gasteiger partial charge is 0.251 e. The Morgan fingerprint density at radius 1 is 1.16 bits per heavy atom. The van der Waals surface area contributed by atoms with Crippen LogP contribution in [0.25, 0.3) is 0 Å². The zero-order valence-corrected chi connectivity index (χ0v) is 15.9. The number of rotatable bonds is 8. The van der Waals surface area contributed by atoms with Crippen molar-refractivity contribution in [2.75, 3.05) is 6.54 Å². The topological polar surface area (TPSA) is 73.4 Å². The molecule has 1 amide bonds. The van der Waals surface area contributed by atoms with Crippen molar-refractivity contribution in [2.24, 2.45) is 5.92 Å². The number of amides is 1. The van der Waals surface area contributed by atoms with Crippen LogP contribution in [0.4, 0.5) is 0 Å². The highest BCUT2D eigenvalue weighted by Crippen LogP contribution is 2.19. The first-order valence-corrected chi connectivity index (χ1v) is 9.37. The van der Waals surface area contributed by atoms with Crippen molar-refractivity contribution in [1.82, 2.24) is 16.2 Å². The molecule has 1 fully saturated rings. The summed E-state index contributed by atoms with van der Waals surface area (Å²) in [6.45, 7) is 8.72. The molecule has 2 rings (SSSR count). The van der Waals surface area contributed by atoms with Crippen LogP contribution in [-0.4, -0.2) is 35.2 Å². The zero-order chi connectivity index (χ0) is 18.4. The van der Waals surface area contributed by atoms with Crippen molar-refractivity contribution in [3.8, 4) is 0 Å². The van der Waals surface area contributed by atoms with Crippen LogP contribution < -0.4 is 16.2 Å². The highest BCUT2D eigenvalue weighted by atomic mass is 16.3. The Bertz CT molecular complexity index is 541. The number of hydrazine groups is 1. The Labute approximate surface area is 151 Å². The molecule has 1 aromatic rings. The number of aliphatic hydroxyl groups is 1. The van der Waals surface area contributed by atoms with Crippen molar-refractivity contribution in [2.45, 2.75) is 71.1 Å². The van der Waals surface area contributed by atoms with Gasteiger partial charge in [-0.1, -0.05) is 12.1 Å². The van der Waals surface area contributed by atoms with Gasteiger partial charge in [-0.25, -0.2) is 0 Å². The van der Waals surface area contributed by atoms with E-state index in [1.54, 1.807) is 0 Å². The molecule has 2 unspecified atom stereocenters. The quantitative estimate of drug-likeness (QED) is 0.545. The van der Waals surface area contributed by atoms with E-state index in [0.29, 0.717) is 36.5 Å². The fraction of sp³-hybridized carbons (Fsp3) is 0.650. The average Bonchev–Trinajstić information content (AvgIpc) is 2.88. The van der Waals surface area contributed by atoms with E-state index < -0.39 is 5.60 Å². The van der Waals surface area contributed by atoms with E-state index in [2.05, 4.69) is 30.0 Å². The van der Waals surface area contributed by atoms with Gasteiger partial charge >= 0.3 is 0 Å². The van der Waals surface area contributed by atoms with Gasteiger partial charge in [0.25, 0.3) is 5.91 Å². The Morgan fingerprint density at radius 3 is 2.32 bits per heavy atom. The van der Waals surface area contributed by atoms with Crippen LogP contribution in [0.15, 0.2) is 24.3 Å². The summed E-state index contributed by atoms with van der Waals surface area (Å²) in [5, 5.41) is 12.8. The van der Waals surface area contributed by atoms with E-state index >= 15 is 0 Å².